The fourth-order valence-electron chi connectivity index (χ4n) is 1.21. The minimum Gasteiger partial charge on any atom is -0.390 e. The molecule has 0 saturated carbocycles. The predicted molar refractivity (Wildman–Crippen MR) is 51.1 cm³/mol. The van der Waals surface area contributed by atoms with Crippen molar-refractivity contribution in [3.05, 3.63) is 34.3 Å². The van der Waals surface area contributed by atoms with Crippen molar-refractivity contribution in [3.8, 4) is 0 Å². The smallest absolute Gasteiger partial charge is 0.0995 e. The lowest BCUT2D eigenvalue weighted by Crippen LogP contribution is -1.95. The van der Waals surface area contributed by atoms with Crippen molar-refractivity contribution in [3.63, 3.8) is 0 Å². The Balaban J connectivity index is 2.87. The Morgan fingerprint density at radius 2 is 2.23 bits per heavy atom. The number of pyridine rings is 1. The molecule has 68 valence electrons. The normalized spacial score (nSPS) is 11.0. The second kappa shape index (κ2) is 3.18. The number of hydrogen-bond acceptors (Lipinski definition) is 2. The van der Waals surface area contributed by atoms with Crippen molar-refractivity contribution in [1.29, 1.82) is 0 Å². The average molecular weight is 217 g/mol. The highest BCUT2D eigenvalue weighted by Gasteiger charge is 2.08. The maximum absolute atomic E-state index is 9.02. The van der Waals surface area contributed by atoms with Gasteiger partial charge in [0.2, 0.25) is 0 Å². The molecular weight excluding hydrogens is 211 g/mol. The third-order valence-electron chi connectivity index (χ3n) is 1.84. The highest BCUT2D eigenvalue weighted by atomic mass is 35.5. The number of aliphatic hydroxyl groups is 1. The van der Waals surface area contributed by atoms with Crippen LogP contribution in [0.2, 0.25) is 10.0 Å². The molecular formula is C8H6Cl2N2O. The molecule has 0 amide bonds. The van der Waals surface area contributed by atoms with Crippen LogP contribution in [0.15, 0.2) is 18.6 Å². The zero-order valence-corrected chi connectivity index (χ0v) is 8.05. The fourth-order valence-corrected chi connectivity index (χ4v) is 1.63. The molecule has 0 unspecified atom stereocenters. The Morgan fingerprint density at radius 1 is 1.46 bits per heavy atom. The van der Waals surface area contributed by atoms with Crippen molar-refractivity contribution in [2.45, 2.75) is 6.61 Å². The van der Waals surface area contributed by atoms with Crippen LogP contribution in [0.4, 0.5) is 0 Å². The number of fused-ring (bicyclic) bond motifs is 1. The van der Waals surface area contributed by atoms with Gasteiger partial charge < -0.3 is 5.11 Å². The van der Waals surface area contributed by atoms with E-state index in [0.29, 0.717) is 21.3 Å². The van der Waals surface area contributed by atoms with Gasteiger partial charge in [-0.25, -0.2) is 4.98 Å². The summed E-state index contributed by atoms with van der Waals surface area (Å²) in [4.78, 5) is 3.92. The Bertz CT molecular complexity index is 453. The van der Waals surface area contributed by atoms with Gasteiger partial charge in [0.05, 0.1) is 40.4 Å². The lowest BCUT2D eigenvalue weighted by molar-refractivity contribution is 0.275. The number of imidazole rings is 1. The van der Waals surface area contributed by atoms with Crippen molar-refractivity contribution < 1.29 is 5.11 Å². The van der Waals surface area contributed by atoms with Gasteiger partial charge in [-0.1, -0.05) is 23.2 Å². The Hall–Kier alpha value is -0.770. The number of aromatic nitrogens is 2. The molecule has 0 aliphatic carbocycles. The molecule has 0 aliphatic rings. The van der Waals surface area contributed by atoms with Crippen LogP contribution in [0, 0.1) is 0 Å². The van der Waals surface area contributed by atoms with E-state index in [1.165, 1.54) is 0 Å². The van der Waals surface area contributed by atoms with E-state index in [1.54, 1.807) is 23.0 Å². The standard InChI is InChI=1S/C8H6Cl2N2O/c9-6-1-5(3-13)12-4-11-2-7(12)8(6)10/h1-2,4,13H,3H2. The van der Waals surface area contributed by atoms with E-state index < -0.39 is 0 Å². The quantitative estimate of drug-likeness (QED) is 0.794. The largest absolute Gasteiger partial charge is 0.390 e. The summed E-state index contributed by atoms with van der Waals surface area (Å²) in [6.07, 6.45) is 3.19. The summed E-state index contributed by atoms with van der Waals surface area (Å²) in [5, 5.41) is 9.90. The van der Waals surface area contributed by atoms with E-state index in [9.17, 15) is 0 Å². The summed E-state index contributed by atoms with van der Waals surface area (Å²) < 4.78 is 1.70. The lowest BCUT2D eigenvalue weighted by atomic mass is 10.3. The molecule has 13 heavy (non-hydrogen) atoms. The monoisotopic (exact) mass is 216 g/mol. The Kier molecular flexibility index (Phi) is 2.15. The van der Waals surface area contributed by atoms with Crippen molar-refractivity contribution in [2.75, 3.05) is 0 Å². The van der Waals surface area contributed by atoms with Crippen molar-refractivity contribution in [2.24, 2.45) is 0 Å². The van der Waals surface area contributed by atoms with Gasteiger partial charge in [0.25, 0.3) is 0 Å². The molecule has 2 aromatic heterocycles. The highest BCUT2D eigenvalue weighted by Crippen LogP contribution is 2.27. The van der Waals surface area contributed by atoms with E-state index >= 15 is 0 Å². The molecule has 2 heterocycles. The minimum atomic E-state index is -0.0935. The summed E-state index contributed by atoms with van der Waals surface area (Å²) in [5.41, 5.74) is 1.38. The fraction of sp³-hybridized carbons (Fsp3) is 0.125. The van der Waals surface area contributed by atoms with E-state index in [0.717, 1.165) is 0 Å². The summed E-state index contributed by atoms with van der Waals surface area (Å²) >= 11 is 11.8. The van der Waals surface area contributed by atoms with Crippen molar-refractivity contribution in [1.82, 2.24) is 9.38 Å². The van der Waals surface area contributed by atoms with Crippen LogP contribution in [0.1, 0.15) is 5.69 Å². The van der Waals surface area contributed by atoms with Crippen molar-refractivity contribution >= 4 is 28.7 Å². The molecule has 2 aromatic rings. The van der Waals surface area contributed by atoms with Crippen LogP contribution in [-0.4, -0.2) is 14.5 Å². The van der Waals surface area contributed by atoms with E-state index in [2.05, 4.69) is 4.98 Å². The SMILES string of the molecule is OCc1cc(Cl)c(Cl)c2cncn12. The summed E-state index contributed by atoms with van der Waals surface area (Å²) in [7, 11) is 0. The second-order valence-electron chi connectivity index (χ2n) is 2.60. The highest BCUT2D eigenvalue weighted by molar-refractivity contribution is 6.44. The first-order valence-electron chi connectivity index (χ1n) is 3.64. The lowest BCUT2D eigenvalue weighted by Gasteiger charge is -2.04. The zero-order chi connectivity index (χ0) is 9.42. The van der Waals surface area contributed by atoms with Crippen LogP contribution >= 0.6 is 23.2 Å². The van der Waals surface area contributed by atoms with Gasteiger partial charge >= 0.3 is 0 Å². The number of aliphatic hydroxyl groups excluding tert-OH is 1. The van der Waals surface area contributed by atoms with Gasteiger partial charge in [-0.05, 0) is 6.07 Å². The van der Waals surface area contributed by atoms with E-state index in [4.69, 9.17) is 28.3 Å². The van der Waals surface area contributed by atoms with Gasteiger partial charge in [-0.3, -0.25) is 4.40 Å². The predicted octanol–water partition coefficient (Wildman–Crippen LogP) is 2.13. The Labute approximate surface area is 84.5 Å². The minimum absolute atomic E-state index is 0.0935. The number of hydrogen-bond donors (Lipinski definition) is 1. The summed E-state index contributed by atoms with van der Waals surface area (Å²) in [6, 6.07) is 1.62. The molecule has 2 rings (SSSR count). The second-order valence-corrected chi connectivity index (χ2v) is 3.39. The average Bonchev–Trinajstić information content (AvgIpc) is 2.60. The van der Waals surface area contributed by atoms with Crippen LogP contribution < -0.4 is 0 Å². The summed E-state index contributed by atoms with van der Waals surface area (Å²) in [5.74, 6) is 0. The molecule has 0 fully saturated rings. The first-order chi connectivity index (χ1) is 6.24. The molecule has 1 N–H and O–H groups in total. The third-order valence-corrected chi connectivity index (χ3v) is 2.63. The molecule has 0 saturated heterocycles. The van der Waals surface area contributed by atoms with E-state index in [1.807, 2.05) is 0 Å². The first-order valence-corrected chi connectivity index (χ1v) is 4.39. The molecule has 0 aromatic carbocycles. The number of nitrogens with zero attached hydrogens (tertiary/aromatic N) is 2. The van der Waals surface area contributed by atoms with Gasteiger partial charge in [0.1, 0.15) is 0 Å². The third kappa shape index (κ3) is 1.29. The van der Waals surface area contributed by atoms with Crippen LogP contribution in [-0.2, 0) is 6.61 Å². The van der Waals surface area contributed by atoms with Gasteiger partial charge in [-0.2, -0.15) is 0 Å². The number of rotatable bonds is 1. The molecule has 0 radical (unpaired) electrons. The molecule has 0 aliphatic heterocycles. The maximum Gasteiger partial charge on any atom is 0.0995 e. The Morgan fingerprint density at radius 3 is 2.92 bits per heavy atom. The summed E-state index contributed by atoms with van der Waals surface area (Å²) in [6.45, 7) is -0.0935. The topological polar surface area (TPSA) is 37.5 Å². The zero-order valence-electron chi connectivity index (χ0n) is 6.54. The molecule has 0 spiro atoms. The van der Waals surface area contributed by atoms with Gasteiger partial charge in [0.15, 0.2) is 0 Å². The first kappa shape index (κ1) is 8.81. The molecule has 0 atom stereocenters. The molecule has 3 nitrogen and oxygen atoms in total. The molecule has 5 heteroatoms. The van der Waals surface area contributed by atoms with Crippen LogP contribution in [0.5, 0.6) is 0 Å². The van der Waals surface area contributed by atoms with Crippen LogP contribution in [0.3, 0.4) is 0 Å². The maximum atomic E-state index is 9.02. The van der Waals surface area contributed by atoms with Crippen LogP contribution in [0.25, 0.3) is 5.52 Å². The van der Waals surface area contributed by atoms with Gasteiger partial charge in [-0.15, -0.1) is 0 Å². The van der Waals surface area contributed by atoms with Gasteiger partial charge in [0, 0.05) is 0 Å². The number of halogens is 2. The van der Waals surface area contributed by atoms with E-state index in [-0.39, 0.29) is 6.61 Å². The molecule has 0 bridgehead atoms.